The number of hydrogen-bond donors (Lipinski definition) is 2. The zero-order chi connectivity index (χ0) is 18.8. The van der Waals surface area contributed by atoms with Gasteiger partial charge >= 0.3 is 0 Å². The third-order valence-corrected chi connectivity index (χ3v) is 6.39. The second-order valence-corrected chi connectivity index (χ2v) is 8.19. The SMILES string of the molecule is Cc1ccccc1CNC(=O)CCc1nc2sc3c(c2c(=O)[nH]1)CCCC3. The van der Waals surface area contributed by atoms with Crippen LogP contribution in [0.2, 0.25) is 0 Å². The molecule has 0 saturated heterocycles. The monoisotopic (exact) mass is 381 g/mol. The molecule has 0 bridgehead atoms. The number of carbonyl (C=O) groups is 1. The van der Waals surface area contributed by atoms with Gasteiger partial charge in [-0.3, -0.25) is 9.59 Å². The van der Waals surface area contributed by atoms with Crippen molar-refractivity contribution >= 4 is 27.5 Å². The lowest BCUT2D eigenvalue weighted by atomic mass is 9.97. The van der Waals surface area contributed by atoms with Gasteiger partial charge in [0, 0.05) is 24.3 Å². The van der Waals surface area contributed by atoms with Gasteiger partial charge in [-0.25, -0.2) is 4.98 Å². The molecule has 0 saturated carbocycles. The van der Waals surface area contributed by atoms with Crippen molar-refractivity contribution in [1.82, 2.24) is 15.3 Å². The van der Waals surface area contributed by atoms with E-state index < -0.39 is 0 Å². The Bertz CT molecular complexity index is 1050. The minimum absolute atomic E-state index is 0.0357. The molecule has 0 fully saturated rings. The van der Waals surface area contributed by atoms with Crippen molar-refractivity contribution < 1.29 is 4.79 Å². The summed E-state index contributed by atoms with van der Waals surface area (Å²) in [7, 11) is 0. The fraction of sp³-hybridized carbons (Fsp3) is 0.381. The fourth-order valence-corrected chi connectivity index (χ4v) is 4.93. The van der Waals surface area contributed by atoms with Crippen LogP contribution in [0.5, 0.6) is 0 Å². The number of aromatic amines is 1. The predicted molar refractivity (Wildman–Crippen MR) is 108 cm³/mol. The normalized spacial score (nSPS) is 13.5. The van der Waals surface area contributed by atoms with Gasteiger partial charge in [-0.1, -0.05) is 24.3 Å². The number of hydrogen-bond acceptors (Lipinski definition) is 4. The topological polar surface area (TPSA) is 74.8 Å². The molecule has 0 atom stereocenters. The van der Waals surface area contributed by atoms with Gasteiger partial charge in [-0.15, -0.1) is 11.3 Å². The van der Waals surface area contributed by atoms with Crippen LogP contribution in [0.25, 0.3) is 10.2 Å². The molecule has 5 nitrogen and oxygen atoms in total. The molecule has 1 aliphatic rings. The van der Waals surface area contributed by atoms with Crippen LogP contribution in [0.4, 0.5) is 0 Å². The molecular weight excluding hydrogens is 358 g/mol. The molecule has 1 aliphatic carbocycles. The van der Waals surface area contributed by atoms with Crippen LogP contribution in [0.3, 0.4) is 0 Å². The van der Waals surface area contributed by atoms with Gasteiger partial charge in [0.2, 0.25) is 5.91 Å². The first-order chi connectivity index (χ1) is 13.1. The molecule has 4 rings (SSSR count). The van der Waals surface area contributed by atoms with Crippen LogP contribution in [-0.2, 0) is 30.6 Å². The Morgan fingerprint density at radius 3 is 2.93 bits per heavy atom. The van der Waals surface area contributed by atoms with E-state index in [-0.39, 0.29) is 11.5 Å². The summed E-state index contributed by atoms with van der Waals surface area (Å²) < 4.78 is 0. The van der Waals surface area contributed by atoms with Crippen LogP contribution >= 0.6 is 11.3 Å². The van der Waals surface area contributed by atoms with Crippen molar-refractivity contribution in [3.8, 4) is 0 Å². The van der Waals surface area contributed by atoms with Crippen LogP contribution in [0.15, 0.2) is 29.1 Å². The second kappa shape index (κ2) is 7.64. The van der Waals surface area contributed by atoms with E-state index in [9.17, 15) is 9.59 Å². The summed E-state index contributed by atoms with van der Waals surface area (Å²) in [6, 6.07) is 8.01. The summed E-state index contributed by atoms with van der Waals surface area (Å²) >= 11 is 1.64. The zero-order valence-electron chi connectivity index (χ0n) is 15.4. The van der Waals surface area contributed by atoms with Gasteiger partial charge < -0.3 is 10.3 Å². The molecule has 3 aromatic rings. The van der Waals surface area contributed by atoms with Crippen molar-refractivity contribution in [1.29, 1.82) is 0 Å². The van der Waals surface area contributed by atoms with Crippen LogP contribution in [-0.4, -0.2) is 15.9 Å². The summed E-state index contributed by atoms with van der Waals surface area (Å²) in [5, 5.41) is 3.71. The van der Waals surface area contributed by atoms with Crippen molar-refractivity contribution in [2.24, 2.45) is 0 Å². The Hall–Kier alpha value is -2.47. The van der Waals surface area contributed by atoms with E-state index in [1.54, 1.807) is 11.3 Å². The van der Waals surface area contributed by atoms with E-state index >= 15 is 0 Å². The maximum absolute atomic E-state index is 12.5. The number of nitrogens with zero attached hydrogens (tertiary/aromatic N) is 1. The van der Waals surface area contributed by atoms with Crippen molar-refractivity contribution in [3.05, 3.63) is 62.0 Å². The van der Waals surface area contributed by atoms with Gasteiger partial charge in [0.25, 0.3) is 5.56 Å². The van der Waals surface area contributed by atoms with E-state index in [0.717, 1.165) is 40.6 Å². The predicted octanol–water partition coefficient (Wildman–Crippen LogP) is 3.42. The van der Waals surface area contributed by atoms with Gasteiger partial charge in [0.1, 0.15) is 10.7 Å². The highest BCUT2D eigenvalue weighted by Crippen LogP contribution is 2.33. The molecule has 140 valence electrons. The quantitative estimate of drug-likeness (QED) is 0.711. The molecule has 2 heterocycles. The van der Waals surface area contributed by atoms with Crippen molar-refractivity contribution in [2.45, 2.75) is 52.0 Å². The first kappa shape index (κ1) is 17.9. The lowest BCUT2D eigenvalue weighted by Gasteiger charge is -2.09. The van der Waals surface area contributed by atoms with Gasteiger partial charge in [0.15, 0.2) is 0 Å². The Kier molecular flexibility index (Phi) is 5.07. The zero-order valence-corrected chi connectivity index (χ0v) is 16.2. The highest BCUT2D eigenvalue weighted by Gasteiger charge is 2.19. The van der Waals surface area contributed by atoms with Crippen LogP contribution in [0, 0.1) is 6.92 Å². The van der Waals surface area contributed by atoms with E-state index in [2.05, 4.69) is 15.3 Å². The summed E-state index contributed by atoms with van der Waals surface area (Å²) in [5.74, 6) is 0.559. The van der Waals surface area contributed by atoms with Crippen LogP contribution in [0.1, 0.15) is 46.7 Å². The second-order valence-electron chi connectivity index (χ2n) is 7.11. The molecule has 1 aromatic carbocycles. The smallest absolute Gasteiger partial charge is 0.259 e. The molecule has 27 heavy (non-hydrogen) atoms. The standard InChI is InChI=1S/C21H23N3O2S/c1-13-6-2-3-7-14(13)12-22-18(25)11-10-17-23-20(26)19-15-8-4-5-9-16(15)27-21(19)24-17/h2-3,6-7H,4-5,8-12H2,1H3,(H,22,25)(H,23,24,26). The summed E-state index contributed by atoms with van der Waals surface area (Å²) in [6.45, 7) is 2.55. The molecule has 0 spiro atoms. The number of nitrogens with one attached hydrogen (secondary N) is 2. The number of amides is 1. The fourth-order valence-electron chi connectivity index (χ4n) is 3.65. The van der Waals surface area contributed by atoms with Gasteiger partial charge in [-0.2, -0.15) is 0 Å². The molecule has 0 radical (unpaired) electrons. The van der Waals surface area contributed by atoms with E-state index in [4.69, 9.17) is 0 Å². The number of thiophene rings is 1. The van der Waals surface area contributed by atoms with Crippen LogP contribution < -0.4 is 10.9 Å². The molecule has 2 N–H and O–H groups in total. The first-order valence-electron chi connectivity index (χ1n) is 9.46. The summed E-state index contributed by atoms with van der Waals surface area (Å²) in [6.07, 6.45) is 5.10. The Morgan fingerprint density at radius 1 is 1.26 bits per heavy atom. The van der Waals surface area contributed by atoms with Crippen molar-refractivity contribution in [2.75, 3.05) is 0 Å². The molecule has 0 unspecified atom stereocenters. The summed E-state index contributed by atoms with van der Waals surface area (Å²) in [5.41, 5.74) is 3.41. The third-order valence-electron chi connectivity index (χ3n) is 5.20. The third kappa shape index (κ3) is 3.81. The maximum Gasteiger partial charge on any atom is 0.259 e. The number of H-pyrrole nitrogens is 1. The van der Waals surface area contributed by atoms with Gasteiger partial charge in [0.05, 0.1) is 5.39 Å². The minimum Gasteiger partial charge on any atom is -0.352 e. The summed E-state index contributed by atoms with van der Waals surface area (Å²) in [4.78, 5) is 34.4. The highest BCUT2D eigenvalue weighted by molar-refractivity contribution is 7.18. The Morgan fingerprint density at radius 2 is 2.07 bits per heavy atom. The largest absolute Gasteiger partial charge is 0.352 e. The first-order valence-corrected chi connectivity index (χ1v) is 10.3. The number of aromatic nitrogens is 2. The molecule has 0 aliphatic heterocycles. The Labute approximate surface area is 161 Å². The minimum atomic E-state index is -0.0604. The number of benzene rings is 1. The molecule has 2 aromatic heterocycles. The number of aryl methyl sites for hydroxylation is 4. The van der Waals surface area contributed by atoms with E-state index in [1.807, 2.05) is 31.2 Å². The Balaban J connectivity index is 1.42. The van der Waals surface area contributed by atoms with Crippen molar-refractivity contribution in [3.63, 3.8) is 0 Å². The van der Waals surface area contributed by atoms with Gasteiger partial charge in [-0.05, 0) is 49.3 Å². The lowest BCUT2D eigenvalue weighted by molar-refractivity contribution is -0.121. The maximum atomic E-state index is 12.5. The molecular formula is C21H23N3O2S. The number of carbonyl (C=O) groups excluding carboxylic acids is 1. The average molecular weight is 382 g/mol. The number of fused-ring (bicyclic) bond motifs is 3. The van der Waals surface area contributed by atoms with E-state index in [1.165, 1.54) is 16.9 Å². The average Bonchev–Trinajstić information content (AvgIpc) is 3.04. The highest BCUT2D eigenvalue weighted by atomic mass is 32.1. The molecule has 1 amide bonds. The van der Waals surface area contributed by atoms with E-state index in [0.29, 0.717) is 25.2 Å². The lowest BCUT2D eigenvalue weighted by Crippen LogP contribution is -2.24. The number of rotatable bonds is 5. The molecule has 6 heteroatoms.